The second-order valence-electron chi connectivity index (χ2n) is 2.12. The van der Waals surface area contributed by atoms with E-state index in [1.165, 1.54) is 6.42 Å². The van der Waals surface area contributed by atoms with E-state index < -0.39 is 0 Å². The van der Waals surface area contributed by atoms with Crippen LogP contribution in [-0.4, -0.2) is 0 Å². The molecule has 12 heavy (non-hydrogen) atoms. The first kappa shape index (κ1) is 17.6. The van der Waals surface area contributed by atoms with Crippen LogP contribution >= 0.6 is 0 Å². The van der Waals surface area contributed by atoms with Crippen molar-refractivity contribution in [2.75, 3.05) is 0 Å². The highest BCUT2D eigenvalue weighted by atomic mass is 13.7. The van der Waals surface area contributed by atoms with Crippen molar-refractivity contribution in [3.8, 4) is 0 Å². The van der Waals surface area contributed by atoms with Crippen molar-refractivity contribution in [2.24, 2.45) is 0 Å². The lowest BCUT2D eigenvalue weighted by atomic mass is 10.3. The van der Waals surface area contributed by atoms with Crippen LogP contribution in [0.3, 0.4) is 0 Å². The van der Waals surface area contributed by atoms with Crippen molar-refractivity contribution in [1.82, 2.24) is 0 Å². The first-order chi connectivity index (χ1) is 5.74. The molecule has 0 aromatic carbocycles. The standard InChI is InChI=1S/C5H10.C4H8.C3H6/c1-3-5-4-2;1-3-4-2;1-3-2/h1-5H2;1-4H2;1-3H2. The molecule has 0 rings (SSSR count). The van der Waals surface area contributed by atoms with E-state index in [-0.39, 0.29) is 0 Å². The molecular formula is C12H24. The molecule has 0 saturated heterocycles. The van der Waals surface area contributed by atoms with E-state index >= 15 is 0 Å². The lowest BCUT2D eigenvalue weighted by molar-refractivity contribution is 0.864. The van der Waals surface area contributed by atoms with E-state index in [2.05, 4.69) is 41.5 Å². The van der Waals surface area contributed by atoms with Crippen molar-refractivity contribution in [3.63, 3.8) is 0 Å². The number of hydrogen-bond acceptors (Lipinski definition) is 0. The Hall–Kier alpha value is -0.390. The molecule has 0 nitrogen and oxygen atoms in total. The zero-order valence-corrected chi connectivity index (χ0v) is 8.49. The van der Waals surface area contributed by atoms with Crippen LogP contribution in [0.4, 0.5) is 0 Å². The van der Waals surface area contributed by atoms with Crippen LogP contribution in [-0.2, 0) is 0 Å². The van der Waals surface area contributed by atoms with E-state index in [0.29, 0.717) is 0 Å². The molecule has 0 fully saturated rings. The van der Waals surface area contributed by atoms with Gasteiger partial charge in [0.2, 0.25) is 0 Å². The molecular weight excluding hydrogens is 144 g/mol. The number of unbranched alkanes of at least 4 members (excludes halogenated alkanes) is 3. The highest BCUT2D eigenvalue weighted by Gasteiger charge is 1.69. The summed E-state index contributed by atoms with van der Waals surface area (Å²) in [5, 5.41) is 0. The zero-order chi connectivity index (χ0) is 10.2. The van der Waals surface area contributed by atoms with Crippen LogP contribution in [0.2, 0.25) is 0 Å². The Morgan fingerprint density at radius 1 is 0.750 bits per heavy atom. The van der Waals surface area contributed by atoms with Gasteiger partial charge in [-0.15, -0.1) is 6.42 Å². The third-order valence-electron chi connectivity index (χ3n) is 0.750. The molecule has 0 atom stereocenters. The summed E-state index contributed by atoms with van der Waals surface area (Å²) in [4.78, 5) is 0. The van der Waals surface area contributed by atoms with Gasteiger partial charge in [-0.2, -0.15) is 6.42 Å². The van der Waals surface area contributed by atoms with Crippen LogP contribution in [0, 0.1) is 41.5 Å². The molecule has 0 saturated carbocycles. The fraction of sp³-hybridized carbons (Fsp3) is 0.500. The van der Waals surface area contributed by atoms with Crippen molar-refractivity contribution in [1.29, 1.82) is 0 Å². The van der Waals surface area contributed by atoms with Crippen LogP contribution in [0.25, 0.3) is 0 Å². The summed E-state index contributed by atoms with van der Waals surface area (Å²) in [5.41, 5.74) is 0. The van der Waals surface area contributed by atoms with Gasteiger partial charge in [0.25, 0.3) is 0 Å². The fourth-order valence-corrected chi connectivity index (χ4v) is 0.177. The van der Waals surface area contributed by atoms with Gasteiger partial charge in [-0.3, -0.25) is 6.92 Å². The molecule has 0 unspecified atom stereocenters. The summed E-state index contributed by atoms with van der Waals surface area (Å²) in [6.45, 7) is 21.1. The molecule has 0 aliphatic heterocycles. The fourth-order valence-electron chi connectivity index (χ4n) is 0.177. The summed E-state index contributed by atoms with van der Waals surface area (Å²) in [6.07, 6.45) is 5.90. The predicted molar refractivity (Wildman–Crippen MR) is 59.8 cm³/mol. The molecule has 0 bridgehead atoms. The van der Waals surface area contributed by atoms with Crippen molar-refractivity contribution in [3.05, 3.63) is 41.5 Å². The quantitative estimate of drug-likeness (QED) is 0.551. The Kier molecular flexibility index (Phi) is 45.7. The van der Waals surface area contributed by atoms with Crippen LogP contribution in [0.1, 0.15) is 38.5 Å². The number of rotatable bonds is 3. The van der Waals surface area contributed by atoms with Crippen LogP contribution < -0.4 is 0 Å². The van der Waals surface area contributed by atoms with Gasteiger partial charge in [-0.25, -0.2) is 0 Å². The van der Waals surface area contributed by atoms with E-state index in [0.717, 1.165) is 32.1 Å². The SMILES string of the molecule is [CH2+]CCC[CH2-].[CH2+]CC[CH2-].[CH2+]C[CH2-]. The smallest absolute Gasteiger partial charge is 0.0826 e. The maximum Gasteiger partial charge on any atom is 0.0826 e. The first-order valence-corrected chi connectivity index (χ1v) is 4.50. The molecule has 0 heterocycles. The second-order valence-corrected chi connectivity index (χ2v) is 2.12. The van der Waals surface area contributed by atoms with Gasteiger partial charge in [0.05, 0.1) is 26.7 Å². The minimum Gasteiger partial charge on any atom is -0.343 e. The third kappa shape index (κ3) is 105. The molecule has 0 radical (unpaired) electrons. The van der Waals surface area contributed by atoms with Gasteiger partial charge >= 0.3 is 0 Å². The Labute approximate surface area is 80.8 Å². The van der Waals surface area contributed by atoms with Gasteiger partial charge < -0.3 is 13.8 Å². The van der Waals surface area contributed by atoms with Gasteiger partial charge in [0.15, 0.2) is 0 Å². The van der Waals surface area contributed by atoms with Gasteiger partial charge in [-0.1, -0.05) is 0 Å². The average molecular weight is 168 g/mol. The molecule has 0 heteroatoms. The van der Waals surface area contributed by atoms with E-state index in [1.54, 1.807) is 0 Å². The largest absolute Gasteiger partial charge is 0.343 e. The van der Waals surface area contributed by atoms with Crippen molar-refractivity contribution in [2.45, 2.75) is 38.5 Å². The van der Waals surface area contributed by atoms with Crippen LogP contribution in [0.5, 0.6) is 0 Å². The van der Waals surface area contributed by atoms with E-state index in [4.69, 9.17) is 0 Å². The molecule has 0 aliphatic rings. The molecule has 0 aromatic rings. The number of hydrogen-bond donors (Lipinski definition) is 0. The van der Waals surface area contributed by atoms with Gasteiger partial charge in [-0.05, 0) is 12.8 Å². The van der Waals surface area contributed by atoms with E-state index in [9.17, 15) is 0 Å². The maximum atomic E-state index is 3.64. The molecule has 0 spiro atoms. The minimum atomic E-state index is 0.750. The molecule has 0 amide bonds. The molecule has 0 N–H and O–H groups in total. The summed E-state index contributed by atoms with van der Waals surface area (Å²) >= 11 is 0. The van der Waals surface area contributed by atoms with Gasteiger partial charge in [0, 0.05) is 6.92 Å². The van der Waals surface area contributed by atoms with Crippen LogP contribution in [0.15, 0.2) is 0 Å². The first-order valence-electron chi connectivity index (χ1n) is 4.50. The Bertz CT molecular complexity index is 27.0. The topological polar surface area (TPSA) is 0 Å². The summed E-state index contributed by atoms with van der Waals surface area (Å²) in [6, 6.07) is 0. The monoisotopic (exact) mass is 168 g/mol. The second kappa shape index (κ2) is 31.1. The maximum absolute atomic E-state index is 3.64. The summed E-state index contributed by atoms with van der Waals surface area (Å²) in [5.74, 6) is 0. The Balaban J connectivity index is -0.000000105. The highest BCUT2D eigenvalue weighted by Crippen LogP contribution is 1.87. The molecule has 72 valence electrons. The predicted octanol–water partition coefficient (Wildman–Crippen LogP) is 4.30. The minimum absolute atomic E-state index is 0.750. The van der Waals surface area contributed by atoms with Crippen molar-refractivity contribution >= 4 is 0 Å². The Morgan fingerprint density at radius 2 is 1.08 bits per heavy atom. The molecule has 0 aliphatic carbocycles. The van der Waals surface area contributed by atoms with Gasteiger partial charge in [0.1, 0.15) is 0 Å². The lowest BCUT2D eigenvalue weighted by Gasteiger charge is -1.81. The van der Waals surface area contributed by atoms with E-state index in [1.807, 2.05) is 0 Å². The molecule has 0 aromatic heterocycles. The normalized spacial score (nSPS) is 7.25. The zero-order valence-electron chi connectivity index (χ0n) is 8.49. The average Bonchev–Trinajstić information content (AvgIpc) is 2.08. The summed E-state index contributed by atoms with van der Waals surface area (Å²) in [7, 11) is 0. The highest BCUT2D eigenvalue weighted by molar-refractivity contribution is 4.41. The summed E-state index contributed by atoms with van der Waals surface area (Å²) < 4.78 is 0. The Morgan fingerprint density at radius 3 is 1.08 bits per heavy atom. The lowest BCUT2D eigenvalue weighted by Crippen LogP contribution is -1.60. The van der Waals surface area contributed by atoms with Crippen molar-refractivity contribution < 1.29 is 0 Å². The third-order valence-corrected chi connectivity index (χ3v) is 0.750.